The third-order valence-corrected chi connectivity index (χ3v) is 2.70. The molecular formula is C12H12BrNO4. The number of hydrogen-bond donors (Lipinski definition) is 2. The third kappa shape index (κ3) is 4.21. The van der Waals surface area contributed by atoms with Crippen LogP contribution in [0.5, 0.6) is 5.75 Å². The van der Waals surface area contributed by atoms with Crippen LogP contribution in [0.1, 0.15) is 12.5 Å². The lowest BCUT2D eigenvalue weighted by Gasteiger charge is -2.12. The first-order valence-electron chi connectivity index (χ1n) is 5.06. The maximum atomic E-state index is 10.9. The summed E-state index contributed by atoms with van der Waals surface area (Å²) >= 11 is 3.27. The van der Waals surface area contributed by atoms with Crippen LogP contribution in [0.4, 0.5) is 0 Å². The lowest BCUT2D eigenvalue weighted by Crippen LogP contribution is -2.30. The van der Waals surface area contributed by atoms with Gasteiger partial charge in [-0.15, -0.1) is 0 Å². The fourth-order valence-electron chi connectivity index (χ4n) is 1.13. The normalized spacial score (nSPS) is 12.3. The lowest BCUT2D eigenvalue weighted by molar-refractivity contribution is -0.131. The van der Waals surface area contributed by atoms with Gasteiger partial charge in [0, 0.05) is 6.08 Å². The number of amides is 1. The van der Waals surface area contributed by atoms with E-state index in [2.05, 4.69) is 15.9 Å². The van der Waals surface area contributed by atoms with E-state index in [0.717, 1.165) is 6.08 Å². The number of halogens is 1. The fraction of sp³-hybridized carbons (Fsp3) is 0.167. The molecule has 1 aromatic rings. The number of benzene rings is 1. The van der Waals surface area contributed by atoms with E-state index in [1.165, 1.54) is 6.08 Å². The van der Waals surface area contributed by atoms with Crippen LogP contribution >= 0.6 is 15.9 Å². The molecule has 96 valence electrons. The number of carbonyl (C=O) groups is 2. The average molecular weight is 314 g/mol. The molecule has 0 aliphatic carbocycles. The summed E-state index contributed by atoms with van der Waals surface area (Å²) in [4.78, 5) is 21.2. The molecule has 0 saturated carbocycles. The summed E-state index contributed by atoms with van der Waals surface area (Å²) in [6, 6.07) is 4.99. The van der Waals surface area contributed by atoms with Crippen LogP contribution in [0, 0.1) is 0 Å². The van der Waals surface area contributed by atoms with Gasteiger partial charge < -0.3 is 15.6 Å². The van der Waals surface area contributed by atoms with Crippen molar-refractivity contribution in [2.45, 2.75) is 13.0 Å². The zero-order valence-corrected chi connectivity index (χ0v) is 11.2. The van der Waals surface area contributed by atoms with Crippen molar-refractivity contribution >= 4 is 33.9 Å². The predicted octanol–water partition coefficient (Wildman–Crippen LogP) is 1.80. The Hall–Kier alpha value is -1.82. The van der Waals surface area contributed by atoms with E-state index in [9.17, 15) is 9.59 Å². The van der Waals surface area contributed by atoms with E-state index in [4.69, 9.17) is 15.6 Å². The van der Waals surface area contributed by atoms with Gasteiger partial charge in [-0.05, 0) is 46.6 Å². The van der Waals surface area contributed by atoms with Crippen LogP contribution < -0.4 is 10.5 Å². The van der Waals surface area contributed by atoms with Gasteiger partial charge in [0.05, 0.1) is 4.47 Å². The van der Waals surface area contributed by atoms with Crippen LogP contribution in [0.2, 0.25) is 0 Å². The number of rotatable bonds is 5. The van der Waals surface area contributed by atoms with Gasteiger partial charge in [0.1, 0.15) is 5.75 Å². The molecule has 1 unspecified atom stereocenters. The molecule has 5 nitrogen and oxygen atoms in total. The molecule has 1 rings (SSSR count). The van der Waals surface area contributed by atoms with E-state index in [1.54, 1.807) is 25.1 Å². The molecule has 0 aromatic heterocycles. The first-order valence-corrected chi connectivity index (χ1v) is 5.86. The predicted molar refractivity (Wildman–Crippen MR) is 70.1 cm³/mol. The number of aliphatic carboxylic acids is 1. The second-order valence-corrected chi connectivity index (χ2v) is 4.38. The minimum absolute atomic E-state index is 0.466. The molecule has 1 atom stereocenters. The van der Waals surface area contributed by atoms with Crippen molar-refractivity contribution in [2.75, 3.05) is 0 Å². The van der Waals surface area contributed by atoms with E-state index in [1.807, 2.05) is 0 Å². The molecule has 18 heavy (non-hydrogen) atoms. The molecule has 0 heterocycles. The van der Waals surface area contributed by atoms with Gasteiger partial charge in [-0.2, -0.15) is 0 Å². The third-order valence-electron chi connectivity index (χ3n) is 2.08. The maximum Gasteiger partial charge on any atom is 0.328 e. The highest BCUT2D eigenvalue weighted by atomic mass is 79.9. The molecule has 0 aliphatic heterocycles. The van der Waals surface area contributed by atoms with Crippen molar-refractivity contribution in [1.82, 2.24) is 0 Å². The summed E-state index contributed by atoms with van der Waals surface area (Å²) in [5.74, 6) is -1.11. The van der Waals surface area contributed by atoms with Crippen molar-refractivity contribution in [2.24, 2.45) is 5.73 Å². The smallest absolute Gasteiger partial charge is 0.328 e. The van der Waals surface area contributed by atoms with Gasteiger partial charge in [-0.25, -0.2) is 4.79 Å². The molecule has 0 aliphatic rings. The van der Waals surface area contributed by atoms with Gasteiger partial charge in [-0.3, -0.25) is 4.79 Å². The van der Waals surface area contributed by atoms with Crippen LogP contribution in [-0.4, -0.2) is 23.1 Å². The molecule has 0 bridgehead atoms. The molecular weight excluding hydrogens is 302 g/mol. The number of carboxylic acids is 1. The summed E-state index contributed by atoms with van der Waals surface area (Å²) in [5, 5.41) is 8.50. The quantitative estimate of drug-likeness (QED) is 0.811. The summed E-state index contributed by atoms with van der Waals surface area (Å²) in [7, 11) is 0. The molecule has 0 spiro atoms. The zero-order chi connectivity index (χ0) is 13.7. The number of primary amides is 1. The van der Waals surface area contributed by atoms with E-state index in [-0.39, 0.29) is 0 Å². The second kappa shape index (κ2) is 6.20. The van der Waals surface area contributed by atoms with E-state index >= 15 is 0 Å². The molecule has 0 radical (unpaired) electrons. The van der Waals surface area contributed by atoms with Crippen molar-refractivity contribution in [3.8, 4) is 5.75 Å². The minimum Gasteiger partial charge on any atom is -0.480 e. The summed E-state index contributed by atoms with van der Waals surface area (Å²) in [5.41, 5.74) is 5.79. The minimum atomic E-state index is -1.02. The first kappa shape index (κ1) is 14.2. The van der Waals surface area contributed by atoms with Gasteiger partial charge in [-0.1, -0.05) is 6.07 Å². The van der Waals surface area contributed by atoms with Gasteiger partial charge in [0.25, 0.3) is 5.91 Å². The molecule has 0 fully saturated rings. The highest BCUT2D eigenvalue weighted by molar-refractivity contribution is 9.10. The summed E-state index contributed by atoms with van der Waals surface area (Å²) in [6.45, 7) is 1.55. The Bertz CT molecular complexity index is 499. The number of ether oxygens (including phenoxy) is 1. The second-order valence-electron chi connectivity index (χ2n) is 3.52. The summed E-state index contributed by atoms with van der Waals surface area (Å²) in [6.07, 6.45) is 1.75. The topological polar surface area (TPSA) is 89.6 Å². The van der Waals surface area contributed by atoms with Crippen LogP contribution in [0.3, 0.4) is 0 Å². The highest BCUT2D eigenvalue weighted by Crippen LogP contribution is 2.27. The number of hydrogen-bond acceptors (Lipinski definition) is 3. The average Bonchev–Trinajstić information content (AvgIpc) is 2.29. The van der Waals surface area contributed by atoms with Crippen molar-refractivity contribution < 1.29 is 19.4 Å². The Kier molecular flexibility index (Phi) is 4.91. The van der Waals surface area contributed by atoms with E-state index < -0.39 is 18.0 Å². The van der Waals surface area contributed by atoms with Gasteiger partial charge in [0.15, 0.2) is 6.10 Å². The lowest BCUT2D eigenvalue weighted by atomic mass is 10.2. The van der Waals surface area contributed by atoms with Crippen LogP contribution in [-0.2, 0) is 9.59 Å². The van der Waals surface area contributed by atoms with Crippen molar-refractivity contribution in [3.05, 3.63) is 34.3 Å². The van der Waals surface area contributed by atoms with Gasteiger partial charge >= 0.3 is 5.97 Å². The van der Waals surface area contributed by atoms with Crippen molar-refractivity contribution in [1.29, 1.82) is 0 Å². The Morgan fingerprint density at radius 3 is 2.67 bits per heavy atom. The number of nitrogens with two attached hydrogens (primary N) is 1. The molecule has 0 saturated heterocycles. The fourth-order valence-corrected chi connectivity index (χ4v) is 1.62. The molecule has 3 N–H and O–H groups in total. The van der Waals surface area contributed by atoms with Crippen LogP contribution in [0.25, 0.3) is 6.08 Å². The maximum absolute atomic E-state index is 10.9. The Morgan fingerprint density at radius 2 is 2.17 bits per heavy atom. The Balaban J connectivity index is 2.86. The van der Waals surface area contributed by atoms with Crippen LogP contribution in [0.15, 0.2) is 28.7 Å². The largest absolute Gasteiger partial charge is 0.480 e. The number of carbonyl (C=O) groups excluding carboxylic acids is 1. The zero-order valence-electron chi connectivity index (χ0n) is 9.59. The Labute approximate surface area is 112 Å². The van der Waals surface area contributed by atoms with E-state index in [0.29, 0.717) is 15.8 Å². The van der Waals surface area contributed by atoms with Crippen molar-refractivity contribution in [3.63, 3.8) is 0 Å². The SMILES string of the molecule is CC(Oc1ccc(C=CC(=O)O)cc1Br)C(N)=O. The Morgan fingerprint density at radius 1 is 1.50 bits per heavy atom. The van der Waals surface area contributed by atoms with Gasteiger partial charge in [0.2, 0.25) is 0 Å². The standard InChI is InChI=1S/C12H12BrNO4/c1-7(12(14)17)18-10-4-2-8(6-9(10)13)3-5-11(15)16/h2-7H,1H3,(H2,14,17)(H,15,16). The first-order chi connectivity index (χ1) is 8.40. The molecule has 1 aromatic carbocycles. The summed E-state index contributed by atoms with van der Waals surface area (Å²) < 4.78 is 5.94. The molecule has 1 amide bonds. The number of carboxylic acid groups (broad SMARTS) is 1. The monoisotopic (exact) mass is 313 g/mol. The molecule has 6 heteroatoms. The highest BCUT2D eigenvalue weighted by Gasteiger charge is 2.12.